The summed E-state index contributed by atoms with van der Waals surface area (Å²) in [6.45, 7) is 8.35. The highest BCUT2D eigenvalue weighted by molar-refractivity contribution is 5.29. The van der Waals surface area contributed by atoms with Crippen LogP contribution in [0.25, 0.3) is 0 Å². The molecule has 1 aromatic rings. The second-order valence-corrected chi connectivity index (χ2v) is 5.47. The lowest BCUT2D eigenvalue weighted by atomic mass is 9.87. The first kappa shape index (κ1) is 16.0. The molecule has 0 heterocycles. The van der Waals surface area contributed by atoms with Crippen molar-refractivity contribution in [1.29, 1.82) is 0 Å². The van der Waals surface area contributed by atoms with Crippen molar-refractivity contribution >= 4 is 0 Å². The maximum absolute atomic E-state index is 5.73. The molecular weight excluding hydrogens is 234 g/mol. The minimum absolute atomic E-state index is 0.553. The molecule has 1 aromatic carbocycles. The van der Waals surface area contributed by atoms with Crippen LogP contribution in [0, 0.1) is 5.92 Å². The molecule has 108 valence electrons. The van der Waals surface area contributed by atoms with Gasteiger partial charge in [0.15, 0.2) is 0 Å². The minimum Gasteiger partial charge on any atom is -0.494 e. The van der Waals surface area contributed by atoms with Gasteiger partial charge in [0.2, 0.25) is 0 Å². The number of rotatable bonds is 9. The Morgan fingerprint density at radius 3 is 2.37 bits per heavy atom. The van der Waals surface area contributed by atoms with Crippen LogP contribution in [0.2, 0.25) is 0 Å². The first-order chi connectivity index (χ1) is 9.19. The molecule has 0 fully saturated rings. The predicted molar refractivity (Wildman–Crippen MR) is 82.7 cm³/mol. The molecule has 0 aromatic heterocycles. The molecule has 2 heteroatoms. The molecule has 0 spiro atoms. The average molecular weight is 263 g/mol. The predicted octanol–water partition coefficient (Wildman–Crippen LogP) is 4.34. The summed E-state index contributed by atoms with van der Waals surface area (Å²) in [5, 5.41) is 0. The first-order valence-corrected chi connectivity index (χ1v) is 7.61. The molecule has 0 bridgehead atoms. The van der Waals surface area contributed by atoms with E-state index >= 15 is 0 Å². The van der Waals surface area contributed by atoms with E-state index in [2.05, 4.69) is 45.0 Å². The molecular formula is C17H29NO. The van der Waals surface area contributed by atoms with Gasteiger partial charge in [-0.3, -0.25) is 0 Å². The normalized spacial score (nSPS) is 14.1. The molecule has 2 nitrogen and oxygen atoms in total. The summed E-state index contributed by atoms with van der Waals surface area (Å²) in [6, 6.07) is 8.56. The van der Waals surface area contributed by atoms with Crippen LogP contribution in [-0.2, 0) is 0 Å². The van der Waals surface area contributed by atoms with Crippen LogP contribution in [0.5, 0.6) is 5.75 Å². The van der Waals surface area contributed by atoms with Crippen molar-refractivity contribution < 1.29 is 4.74 Å². The molecule has 19 heavy (non-hydrogen) atoms. The summed E-state index contributed by atoms with van der Waals surface area (Å²) in [5.41, 5.74) is 7.01. The molecule has 0 aliphatic carbocycles. The van der Waals surface area contributed by atoms with Crippen LogP contribution in [0.1, 0.15) is 57.9 Å². The fraction of sp³-hybridized carbons (Fsp3) is 0.647. The van der Waals surface area contributed by atoms with Gasteiger partial charge in [-0.05, 0) is 48.9 Å². The summed E-state index contributed by atoms with van der Waals surface area (Å²) >= 11 is 0. The smallest absolute Gasteiger partial charge is 0.119 e. The Balaban J connectivity index is 2.46. The van der Waals surface area contributed by atoms with Crippen molar-refractivity contribution in [3.05, 3.63) is 29.8 Å². The Morgan fingerprint density at radius 1 is 1.11 bits per heavy atom. The third-order valence-electron chi connectivity index (χ3n) is 3.90. The van der Waals surface area contributed by atoms with Gasteiger partial charge in [0, 0.05) is 0 Å². The quantitative estimate of drug-likeness (QED) is 0.672. The molecule has 0 saturated carbocycles. The monoisotopic (exact) mass is 263 g/mol. The van der Waals surface area contributed by atoms with Crippen LogP contribution in [0.3, 0.4) is 0 Å². The van der Waals surface area contributed by atoms with Gasteiger partial charge < -0.3 is 10.5 Å². The van der Waals surface area contributed by atoms with Gasteiger partial charge in [0.1, 0.15) is 5.75 Å². The van der Waals surface area contributed by atoms with Gasteiger partial charge in [-0.25, -0.2) is 0 Å². The molecule has 1 rings (SSSR count). The number of unbranched alkanes of at least 4 members (excludes halogenated alkanes) is 2. The summed E-state index contributed by atoms with van der Waals surface area (Å²) in [7, 11) is 0. The van der Waals surface area contributed by atoms with Crippen LogP contribution in [-0.4, -0.2) is 13.2 Å². The van der Waals surface area contributed by atoms with Crippen molar-refractivity contribution in [2.75, 3.05) is 13.2 Å². The van der Waals surface area contributed by atoms with Gasteiger partial charge in [-0.2, -0.15) is 0 Å². The van der Waals surface area contributed by atoms with E-state index in [0.717, 1.165) is 31.7 Å². The van der Waals surface area contributed by atoms with E-state index in [4.69, 9.17) is 10.5 Å². The van der Waals surface area contributed by atoms with Crippen LogP contribution >= 0.6 is 0 Å². The van der Waals surface area contributed by atoms with E-state index in [1.165, 1.54) is 18.4 Å². The number of nitrogens with two attached hydrogens (primary N) is 1. The second kappa shape index (κ2) is 8.98. The second-order valence-electron chi connectivity index (χ2n) is 5.47. The van der Waals surface area contributed by atoms with E-state index in [1.54, 1.807) is 0 Å². The molecule has 0 saturated heterocycles. The van der Waals surface area contributed by atoms with Crippen LogP contribution in [0.15, 0.2) is 24.3 Å². The van der Waals surface area contributed by atoms with E-state index in [9.17, 15) is 0 Å². The van der Waals surface area contributed by atoms with E-state index in [0.29, 0.717) is 11.8 Å². The van der Waals surface area contributed by atoms with Crippen LogP contribution < -0.4 is 10.5 Å². The molecule has 2 unspecified atom stereocenters. The summed E-state index contributed by atoms with van der Waals surface area (Å²) in [6.07, 6.45) is 4.70. The lowest BCUT2D eigenvalue weighted by Gasteiger charge is -2.20. The molecule has 2 atom stereocenters. The lowest BCUT2D eigenvalue weighted by Crippen LogP contribution is -2.12. The van der Waals surface area contributed by atoms with Crippen LogP contribution in [0.4, 0.5) is 0 Å². The zero-order valence-corrected chi connectivity index (χ0v) is 12.7. The summed E-state index contributed by atoms with van der Waals surface area (Å²) in [5.74, 6) is 2.16. The van der Waals surface area contributed by atoms with Crippen molar-refractivity contribution in [2.45, 2.75) is 52.4 Å². The third-order valence-corrected chi connectivity index (χ3v) is 3.90. The number of ether oxygens (including phenoxy) is 1. The Kier molecular flexibility index (Phi) is 7.57. The minimum atomic E-state index is 0.553. The maximum Gasteiger partial charge on any atom is 0.119 e. The van der Waals surface area contributed by atoms with Crippen molar-refractivity contribution in [2.24, 2.45) is 11.7 Å². The van der Waals surface area contributed by atoms with Gasteiger partial charge >= 0.3 is 0 Å². The zero-order chi connectivity index (χ0) is 14.1. The summed E-state index contributed by atoms with van der Waals surface area (Å²) in [4.78, 5) is 0. The molecule has 0 amide bonds. The van der Waals surface area contributed by atoms with E-state index in [1.807, 2.05) is 0 Å². The average Bonchev–Trinajstić information content (AvgIpc) is 2.44. The van der Waals surface area contributed by atoms with Gasteiger partial charge in [-0.15, -0.1) is 0 Å². The van der Waals surface area contributed by atoms with E-state index in [-0.39, 0.29) is 0 Å². The summed E-state index contributed by atoms with van der Waals surface area (Å²) < 4.78 is 5.73. The maximum atomic E-state index is 5.73. The number of hydrogen-bond donors (Lipinski definition) is 1. The first-order valence-electron chi connectivity index (χ1n) is 7.61. The fourth-order valence-electron chi connectivity index (χ4n) is 2.25. The topological polar surface area (TPSA) is 35.2 Å². The van der Waals surface area contributed by atoms with Gasteiger partial charge in [0.05, 0.1) is 6.61 Å². The Bertz CT molecular complexity index is 334. The Morgan fingerprint density at radius 2 is 1.79 bits per heavy atom. The third kappa shape index (κ3) is 5.65. The highest BCUT2D eigenvalue weighted by Gasteiger charge is 2.13. The Labute approximate surface area is 118 Å². The van der Waals surface area contributed by atoms with Gasteiger partial charge in [0.25, 0.3) is 0 Å². The lowest BCUT2D eigenvalue weighted by molar-refractivity contribution is 0.306. The number of hydrogen-bond acceptors (Lipinski definition) is 2. The largest absolute Gasteiger partial charge is 0.494 e. The van der Waals surface area contributed by atoms with E-state index < -0.39 is 0 Å². The van der Waals surface area contributed by atoms with Crippen molar-refractivity contribution in [3.8, 4) is 5.75 Å². The van der Waals surface area contributed by atoms with Crippen molar-refractivity contribution in [1.82, 2.24) is 0 Å². The molecule has 2 N–H and O–H groups in total. The highest BCUT2D eigenvalue weighted by atomic mass is 16.5. The van der Waals surface area contributed by atoms with Gasteiger partial charge in [-0.1, -0.05) is 45.7 Å². The van der Waals surface area contributed by atoms with Crippen molar-refractivity contribution in [3.63, 3.8) is 0 Å². The number of benzene rings is 1. The zero-order valence-electron chi connectivity index (χ0n) is 12.7. The molecule has 0 aliphatic heterocycles. The molecule has 0 radical (unpaired) electrons. The SMILES string of the molecule is CCCCCOc1ccc(C(C)C(C)CCN)cc1. The highest BCUT2D eigenvalue weighted by Crippen LogP contribution is 2.27. The standard InChI is InChI=1S/C17H29NO/c1-4-5-6-13-19-17-9-7-16(8-10-17)15(3)14(2)11-12-18/h7-10,14-15H,4-6,11-13,18H2,1-3H3. The molecule has 0 aliphatic rings. The Hall–Kier alpha value is -1.02. The fourth-order valence-corrected chi connectivity index (χ4v) is 2.25.